The number of hydrogen-bond acceptors (Lipinski definition) is 3. The highest BCUT2D eigenvalue weighted by molar-refractivity contribution is 8.01. The Labute approximate surface area is 110 Å². The predicted octanol–water partition coefficient (Wildman–Crippen LogP) is 5.27. The van der Waals surface area contributed by atoms with Gasteiger partial charge >= 0.3 is 11.0 Å². The summed E-state index contributed by atoms with van der Waals surface area (Å²) in [4.78, 5) is -1.31. The summed E-state index contributed by atoms with van der Waals surface area (Å²) in [6, 6.07) is 1.33. The molecule has 0 aliphatic heterocycles. The summed E-state index contributed by atoms with van der Waals surface area (Å²) in [5.41, 5.74) is -9.39. The topological polar surface area (TPSA) is 20.2 Å². The van der Waals surface area contributed by atoms with Crippen LogP contribution in [0.1, 0.15) is 0 Å². The first kappa shape index (κ1) is 15.6. The van der Waals surface area contributed by atoms with Crippen LogP contribution in [0.3, 0.4) is 0 Å². The van der Waals surface area contributed by atoms with Gasteiger partial charge in [0, 0.05) is 4.90 Å². The lowest BCUT2D eigenvalue weighted by atomic mass is 10.3. The quantitative estimate of drug-likeness (QED) is 0.590. The fourth-order valence-electron chi connectivity index (χ4n) is 0.945. The molecule has 0 unspecified atom stereocenters. The van der Waals surface area contributed by atoms with Gasteiger partial charge in [-0.2, -0.15) is 26.3 Å². The molecule has 1 rings (SSSR count). The van der Waals surface area contributed by atoms with Gasteiger partial charge < -0.3 is 5.11 Å². The summed E-state index contributed by atoms with van der Waals surface area (Å²) in [6.45, 7) is 0. The number of phenolic OH excluding ortho intramolecular Hbond substituents is 1. The van der Waals surface area contributed by atoms with Crippen LogP contribution in [0.15, 0.2) is 21.9 Å². The largest absolute Gasteiger partial charge is 0.505 e. The van der Waals surface area contributed by atoms with Crippen molar-refractivity contribution in [2.45, 2.75) is 20.8 Å². The molecule has 18 heavy (non-hydrogen) atoms. The van der Waals surface area contributed by atoms with Gasteiger partial charge in [0.25, 0.3) is 0 Å². The van der Waals surface area contributed by atoms with E-state index in [0.717, 1.165) is 6.07 Å². The number of hydrogen-bond donors (Lipinski definition) is 1. The lowest BCUT2D eigenvalue weighted by molar-refractivity contribution is -0.0335. The minimum Gasteiger partial charge on any atom is -0.505 e. The fraction of sp³-hybridized carbons (Fsp3) is 0.250. The molecule has 0 spiro atoms. The van der Waals surface area contributed by atoms with Crippen molar-refractivity contribution in [2.24, 2.45) is 0 Å². The van der Waals surface area contributed by atoms with Gasteiger partial charge in [0.05, 0.1) is 9.92 Å². The molecule has 0 atom stereocenters. The first-order valence-electron chi connectivity index (χ1n) is 4.02. The van der Waals surface area contributed by atoms with Crippen LogP contribution in [0.5, 0.6) is 5.75 Å². The van der Waals surface area contributed by atoms with Gasteiger partial charge in [0.15, 0.2) is 0 Å². The number of aromatic hydroxyl groups is 1. The van der Waals surface area contributed by atoms with E-state index in [2.05, 4.69) is 0 Å². The van der Waals surface area contributed by atoms with E-state index in [1.54, 1.807) is 0 Å². The number of benzene rings is 1. The Morgan fingerprint density at radius 2 is 1.44 bits per heavy atom. The Kier molecular flexibility index (Phi) is 4.60. The molecule has 0 fully saturated rings. The Hall–Kier alpha value is -0.410. The van der Waals surface area contributed by atoms with Gasteiger partial charge in [-0.15, -0.1) is 0 Å². The second-order valence-corrected chi connectivity index (χ2v) is 5.50. The highest BCUT2D eigenvalue weighted by Crippen LogP contribution is 2.47. The van der Waals surface area contributed by atoms with E-state index in [1.807, 2.05) is 0 Å². The average Bonchev–Trinajstić information content (AvgIpc) is 2.08. The normalized spacial score (nSPS) is 12.8. The maximum absolute atomic E-state index is 12.1. The molecule has 1 nitrogen and oxygen atoms in total. The zero-order chi connectivity index (χ0) is 14.1. The van der Waals surface area contributed by atoms with Crippen molar-refractivity contribution in [3.8, 4) is 5.75 Å². The number of alkyl halides is 6. The zero-order valence-electron chi connectivity index (χ0n) is 8.06. The molecular formula is C8H3ClF6OS2. The van der Waals surface area contributed by atoms with E-state index in [-0.39, 0.29) is 0 Å². The summed E-state index contributed by atoms with van der Waals surface area (Å²) in [5.74, 6) is -0.898. The van der Waals surface area contributed by atoms with Crippen molar-refractivity contribution in [3.63, 3.8) is 0 Å². The van der Waals surface area contributed by atoms with Crippen LogP contribution < -0.4 is 0 Å². The SMILES string of the molecule is Oc1c(Cl)cc(SC(F)(F)F)cc1SC(F)(F)F. The summed E-state index contributed by atoms with van der Waals surface area (Å²) < 4.78 is 72.5. The molecule has 1 aromatic carbocycles. The van der Waals surface area contributed by atoms with Crippen LogP contribution in [0.25, 0.3) is 0 Å². The minimum absolute atomic E-state index is 0.531. The van der Waals surface area contributed by atoms with E-state index in [0.29, 0.717) is 6.07 Å². The first-order valence-corrected chi connectivity index (χ1v) is 6.03. The van der Waals surface area contributed by atoms with Gasteiger partial charge in [0.2, 0.25) is 0 Å². The van der Waals surface area contributed by atoms with Crippen LogP contribution in [0.2, 0.25) is 5.02 Å². The summed E-state index contributed by atoms with van der Waals surface area (Å²) in [6.07, 6.45) is 0. The van der Waals surface area contributed by atoms with Crippen molar-refractivity contribution >= 4 is 35.1 Å². The van der Waals surface area contributed by atoms with Crippen molar-refractivity contribution in [1.29, 1.82) is 0 Å². The summed E-state index contributed by atoms with van der Waals surface area (Å²) >= 11 is 4.02. The number of rotatable bonds is 2. The van der Waals surface area contributed by atoms with Crippen LogP contribution >= 0.6 is 35.1 Å². The Morgan fingerprint density at radius 3 is 1.89 bits per heavy atom. The van der Waals surface area contributed by atoms with Crippen LogP contribution in [-0.4, -0.2) is 16.1 Å². The van der Waals surface area contributed by atoms with E-state index < -0.39 is 55.1 Å². The third kappa shape index (κ3) is 5.07. The third-order valence-electron chi connectivity index (χ3n) is 1.46. The smallest absolute Gasteiger partial charge is 0.446 e. The van der Waals surface area contributed by atoms with Gasteiger partial charge in [0.1, 0.15) is 5.75 Å². The second-order valence-electron chi connectivity index (χ2n) is 2.85. The summed E-state index contributed by atoms with van der Waals surface area (Å²) in [5, 5.41) is 8.67. The van der Waals surface area contributed by atoms with E-state index >= 15 is 0 Å². The van der Waals surface area contributed by atoms with E-state index in [1.165, 1.54) is 0 Å². The van der Waals surface area contributed by atoms with Crippen molar-refractivity contribution in [1.82, 2.24) is 0 Å². The lowest BCUT2D eigenvalue weighted by Gasteiger charge is -2.11. The summed E-state index contributed by atoms with van der Waals surface area (Å²) in [7, 11) is 0. The predicted molar refractivity (Wildman–Crippen MR) is 56.9 cm³/mol. The fourth-order valence-corrected chi connectivity index (χ4v) is 2.62. The number of phenols is 1. The number of halogens is 7. The maximum atomic E-state index is 12.1. The van der Waals surface area contributed by atoms with Gasteiger partial charge in [-0.1, -0.05) is 11.6 Å². The van der Waals surface area contributed by atoms with Crippen molar-refractivity contribution in [2.75, 3.05) is 0 Å². The van der Waals surface area contributed by atoms with Crippen LogP contribution in [0.4, 0.5) is 26.3 Å². The molecule has 10 heteroatoms. The Bertz CT molecular complexity index is 444. The lowest BCUT2D eigenvalue weighted by Crippen LogP contribution is -2.01. The zero-order valence-corrected chi connectivity index (χ0v) is 10.5. The van der Waals surface area contributed by atoms with Crippen LogP contribution in [-0.2, 0) is 0 Å². The molecule has 0 amide bonds. The molecule has 0 aromatic heterocycles. The van der Waals surface area contributed by atoms with Gasteiger partial charge in [-0.05, 0) is 35.7 Å². The Morgan fingerprint density at radius 1 is 0.944 bits per heavy atom. The highest BCUT2D eigenvalue weighted by atomic mass is 35.5. The molecule has 1 N–H and O–H groups in total. The van der Waals surface area contributed by atoms with Crippen molar-refractivity contribution in [3.05, 3.63) is 17.2 Å². The molecule has 0 saturated carbocycles. The van der Waals surface area contributed by atoms with E-state index in [9.17, 15) is 31.4 Å². The minimum atomic E-state index is -4.73. The Balaban J connectivity index is 3.11. The highest BCUT2D eigenvalue weighted by Gasteiger charge is 2.33. The standard InChI is InChI=1S/C8H3ClF6OS2/c9-4-1-3(17-7(10,11)12)2-5(6(4)16)18-8(13,14)15/h1-2,16H. The molecule has 1 aromatic rings. The molecule has 0 heterocycles. The average molecular weight is 329 g/mol. The molecule has 102 valence electrons. The maximum Gasteiger partial charge on any atom is 0.446 e. The van der Waals surface area contributed by atoms with Gasteiger partial charge in [-0.3, -0.25) is 0 Å². The molecule has 0 radical (unpaired) electrons. The molecule has 0 saturated heterocycles. The third-order valence-corrected chi connectivity index (χ3v) is 3.21. The number of thioether (sulfide) groups is 2. The molecule has 0 aliphatic carbocycles. The first-order chi connectivity index (χ1) is 7.98. The van der Waals surface area contributed by atoms with Gasteiger partial charge in [-0.25, -0.2) is 0 Å². The van der Waals surface area contributed by atoms with Crippen LogP contribution in [0, 0.1) is 0 Å². The molecular weight excluding hydrogens is 326 g/mol. The molecule has 0 bridgehead atoms. The van der Waals surface area contributed by atoms with E-state index in [4.69, 9.17) is 11.6 Å². The van der Waals surface area contributed by atoms with Crippen molar-refractivity contribution < 1.29 is 31.4 Å². The molecule has 0 aliphatic rings. The second kappa shape index (κ2) is 5.30. The monoisotopic (exact) mass is 328 g/mol.